The highest BCUT2D eigenvalue weighted by molar-refractivity contribution is 7.99. The Kier molecular flexibility index (Phi) is 4.45. The third-order valence-electron chi connectivity index (χ3n) is 3.69. The summed E-state index contributed by atoms with van der Waals surface area (Å²) in [5, 5.41) is 10.1. The van der Waals surface area contributed by atoms with E-state index in [1.165, 1.54) is 32.1 Å². The lowest BCUT2D eigenvalue weighted by Crippen LogP contribution is -2.17. The van der Waals surface area contributed by atoms with Crippen molar-refractivity contribution in [2.45, 2.75) is 56.0 Å². The molecule has 0 bridgehead atoms. The molecule has 96 valence electrons. The first kappa shape index (κ1) is 12.9. The predicted molar refractivity (Wildman–Crippen MR) is 70.8 cm³/mol. The maximum Gasteiger partial charge on any atom is 0.191 e. The van der Waals surface area contributed by atoms with Gasteiger partial charge < -0.3 is 10.3 Å². The van der Waals surface area contributed by atoms with Gasteiger partial charge in [-0.25, -0.2) is 0 Å². The van der Waals surface area contributed by atoms with E-state index >= 15 is 0 Å². The molecule has 1 aromatic heterocycles. The SMILES string of the molecule is CCC1CCCC(Sc2nnc(CN)n2C)C1. The first-order valence-corrected chi connectivity index (χ1v) is 7.37. The van der Waals surface area contributed by atoms with Crippen LogP contribution in [0.2, 0.25) is 0 Å². The molecule has 1 fully saturated rings. The number of hydrogen-bond donors (Lipinski definition) is 1. The van der Waals surface area contributed by atoms with Gasteiger partial charge in [0.25, 0.3) is 0 Å². The minimum Gasteiger partial charge on any atom is -0.324 e. The molecule has 1 heterocycles. The van der Waals surface area contributed by atoms with E-state index < -0.39 is 0 Å². The molecule has 1 aliphatic rings. The van der Waals surface area contributed by atoms with Gasteiger partial charge in [-0.1, -0.05) is 37.9 Å². The molecule has 2 atom stereocenters. The van der Waals surface area contributed by atoms with Crippen molar-refractivity contribution in [3.63, 3.8) is 0 Å². The van der Waals surface area contributed by atoms with Gasteiger partial charge in [-0.3, -0.25) is 0 Å². The molecule has 0 radical (unpaired) electrons. The smallest absolute Gasteiger partial charge is 0.191 e. The second kappa shape index (κ2) is 5.87. The average Bonchev–Trinajstić information content (AvgIpc) is 2.71. The van der Waals surface area contributed by atoms with Crippen molar-refractivity contribution in [3.05, 3.63) is 5.82 Å². The van der Waals surface area contributed by atoms with Crippen LogP contribution in [-0.4, -0.2) is 20.0 Å². The van der Waals surface area contributed by atoms with Crippen molar-refractivity contribution in [3.8, 4) is 0 Å². The summed E-state index contributed by atoms with van der Waals surface area (Å²) < 4.78 is 2.03. The Morgan fingerprint density at radius 2 is 2.24 bits per heavy atom. The number of nitrogens with zero attached hydrogens (tertiary/aromatic N) is 3. The Balaban J connectivity index is 1.97. The lowest BCUT2D eigenvalue weighted by molar-refractivity contribution is 0.357. The fourth-order valence-corrected chi connectivity index (χ4v) is 3.80. The summed E-state index contributed by atoms with van der Waals surface area (Å²) in [5.41, 5.74) is 5.61. The molecule has 2 N–H and O–H groups in total. The number of hydrogen-bond acceptors (Lipinski definition) is 4. The zero-order valence-electron chi connectivity index (χ0n) is 10.7. The number of thioether (sulfide) groups is 1. The van der Waals surface area contributed by atoms with Gasteiger partial charge in [0.1, 0.15) is 5.82 Å². The van der Waals surface area contributed by atoms with Crippen LogP contribution in [0.15, 0.2) is 5.16 Å². The standard InChI is InChI=1S/C12H22N4S/c1-3-9-5-4-6-10(7-9)17-12-15-14-11(8-13)16(12)2/h9-10H,3-8,13H2,1-2H3. The van der Waals surface area contributed by atoms with Gasteiger partial charge in [0.2, 0.25) is 0 Å². The fourth-order valence-electron chi connectivity index (χ4n) is 2.49. The van der Waals surface area contributed by atoms with E-state index in [2.05, 4.69) is 17.1 Å². The maximum absolute atomic E-state index is 5.61. The third-order valence-corrected chi connectivity index (χ3v) is 5.02. The van der Waals surface area contributed by atoms with E-state index in [0.717, 1.165) is 16.9 Å². The first-order chi connectivity index (χ1) is 8.24. The second-order valence-corrected chi connectivity index (χ2v) is 6.11. The van der Waals surface area contributed by atoms with Crippen molar-refractivity contribution in [1.29, 1.82) is 0 Å². The van der Waals surface area contributed by atoms with Crippen molar-refractivity contribution in [2.24, 2.45) is 18.7 Å². The monoisotopic (exact) mass is 254 g/mol. The highest BCUT2D eigenvalue weighted by Crippen LogP contribution is 2.36. The van der Waals surface area contributed by atoms with Gasteiger partial charge >= 0.3 is 0 Å². The molecule has 0 saturated heterocycles. The Morgan fingerprint density at radius 3 is 2.88 bits per heavy atom. The predicted octanol–water partition coefficient (Wildman–Crippen LogP) is 2.33. The zero-order valence-corrected chi connectivity index (χ0v) is 11.5. The molecule has 4 nitrogen and oxygen atoms in total. The molecule has 1 aliphatic carbocycles. The minimum atomic E-state index is 0.465. The summed E-state index contributed by atoms with van der Waals surface area (Å²) in [6.07, 6.45) is 6.71. The van der Waals surface area contributed by atoms with Gasteiger partial charge in [-0.15, -0.1) is 10.2 Å². The Labute approximate surface area is 107 Å². The van der Waals surface area contributed by atoms with E-state index in [0.29, 0.717) is 11.8 Å². The van der Waals surface area contributed by atoms with Crippen LogP contribution in [0, 0.1) is 5.92 Å². The van der Waals surface area contributed by atoms with E-state index in [-0.39, 0.29) is 0 Å². The summed E-state index contributed by atoms with van der Waals surface area (Å²) in [6, 6.07) is 0. The molecular formula is C12H22N4S. The highest BCUT2D eigenvalue weighted by atomic mass is 32.2. The van der Waals surface area contributed by atoms with Crippen LogP contribution < -0.4 is 5.73 Å². The van der Waals surface area contributed by atoms with Gasteiger partial charge in [-0.2, -0.15) is 0 Å². The molecular weight excluding hydrogens is 232 g/mol. The van der Waals surface area contributed by atoms with Crippen molar-refractivity contribution < 1.29 is 0 Å². The Hall–Kier alpha value is -0.550. The maximum atomic E-state index is 5.61. The lowest BCUT2D eigenvalue weighted by atomic mass is 9.87. The highest BCUT2D eigenvalue weighted by Gasteiger charge is 2.23. The van der Waals surface area contributed by atoms with Gasteiger partial charge in [0.15, 0.2) is 5.16 Å². The Morgan fingerprint density at radius 1 is 1.41 bits per heavy atom. The van der Waals surface area contributed by atoms with E-state index in [1.807, 2.05) is 23.4 Å². The zero-order chi connectivity index (χ0) is 12.3. The number of aromatic nitrogens is 3. The van der Waals surface area contributed by atoms with Crippen molar-refractivity contribution >= 4 is 11.8 Å². The van der Waals surface area contributed by atoms with E-state index in [4.69, 9.17) is 5.73 Å². The summed E-state index contributed by atoms with van der Waals surface area (Å²) in [7, 11) is 2.00. The Bertz CT molecular complexity index is 363. The van der Waals surface area contributed by atoms with Crippen LogP contribution in [0.25, 0.3) is 0 Å². The molecule has 0 amide bonds. The summed E-state index contributed by atoms with van der Waals surface area (Å²) in [5.74, 6) is 1.78. The van der Waals surface area contributed by atoms with Gasteiger partial charge in [0, 0.05) is 12.3 Å². The van der Waals surface area contributed by atoms with E-state index in [1.54, 1.807) is 0 Å². The minimum absolute atomic E-state index is 0.465. The normalized spacial score (nSPS) is 25.1. The number of nitrogens with two attached hydrogens (primary N) is 1. The topological polar surface area (TPSA) is 56.7 Å². The summed E-state index contributed by atoms with van der Waals surface area (Å²) in [4.78, 5) is 0. The third kappa shape index (κ3) is 3.01. The largest absolute Gasteiger partial charge is 0.324 e. The van der Waals surface area contributed by atoms with E-state index in [9.17, 15) is 0 Å². The fraction of sp³-hybridized carbons (Fsp3) is 0.833. The second-order valence-electron chi connectivity index (χ2n) is 4.84. The molecule has 0 spiro atoms. The molecule has 1 aromatic rings. The van der Waals surface area contributed by atoms with Gasteiger partial charge in [-0.05, 0) is 18.8 Å². The molecule has 5 heteroatoms. The average molecular weight is 254 g/mol. The van der Waals surface area contributed by atoms with Crippen LogP contribution in [0.5, 0.6) is 0 Å². The van der Waals surface area contributed by atoms with Crippen LogP contribution in [0.3, 0.4) is 0 Å². The van der Waals surface area contributed by atoms with Crippen LogP contribution in [0.1, 0.15) is 44.9 Å². The summed E-state index contributed by atoms with van der Waals surface area (Å²) >= 11 is 1.88. The molecule has 0 aliphatic heterocycles. The molecule has 2 unspecified atom stereocenters. The quantitative estimate of drug-likeness (QED) is 0.896. The molecule has 2 rings (SSSR count). The molecule has 1 saturated carbocycles. The van der Waals surface area contributed by atoms with Crippen LogP contribution in [-0.2, 0) is 13.6 Å². The lowest BCUT2D eigenvalue weighted by Gasteiger charge is -2.27. The summed E-state index contributed by atoms with van der Waals surface area (Å²) in [6.45, 7) is 2.76. The van der Waals surface area contributed by atoms with Crippen LogP contribution in [0.4, 0.5) is 0 Å². The van der Waals surface area contributed by atoms with Crippen LogP contribution >= 0.6 is 11.8 Å². The molecule has 0 aromatic carbocycles. The first-order valence-electron chi connectivity index (χ1n) is 6.49. The number of rotatable bonds is 4. The van der Waals surface area contributed by atoms with Gasteiger partial charge in [0.05, 0.1) is 6.54 Å². The van der Waals surface area contributed by atoms with Crippen molar-refractivity contribution in [1.82, 2.24) is 14.8 Å². The molecule has 17 heavy (non-hydrogen) atoms. The van der Waals surface area contributed by atoms with Crippen molar-refractivity contribution in [2.75, 3.05) is 0 Å².